The first kappa shape index (κ1) is 27.9. The number of benzene rings is 3. The lowest BCUT2D eigenvalue weighted by molar-refractivity contribution is -0.597. The molecule has 0 radical (unpaired) electrons. The average Bonchev–Trinajstić information content (AvgIpc) is 2.73. The first-order valence-electron chi connectivity index (χ1n) is 10.6. The molecule has 3 aromatic carbocycles. The van der Waals surface area contributed by atoms with Gasteiger partial charge in [-0.15, -0.1) is 0 Å². The van der Waals surface area contributed by atoms with Gasteiger partial charge in [-0.2, -0.15) is 0 Å². The lowest BCUT2D eigenvalue weighted by Gasteiger charge is -2.18. The van der Waals surface area contributed by atoms with E-state index in [9.17, 15) is 23.1 Å². The molecule has 0 saturated heterocycles. The second kappa shape index (κ2) is 11.0. The van der Waals surface area contributed by atoms with Crippen LogP contribution in [0, 0.1) is 17.3 Å². The van der Waals surface area contributed by atoms with Crippen LogP contribution in [0.3, 0.4) is 0 Å². The van der Waals surface area contributed by atoms with Gasteiger partial charge in [0.1, 0.15) is 10.1 Å². The predicted molar refractivity (Wildman–Crippen MR) is 129 cm³/mol. The number of nitro benzene ring substituents is 1. The Morgan fingerprint density at radius 3 is 1.29 bits per heavy atom. The van der Waals surface area contributed by atoms with Crippen molar-refractivity contribution >= 4 is 15.8 Å². The molecule has 0 atom stereocenters. The van der Waals surface area contributed by atoms with Crippen LogP contribution >= 0.6 is 0 Å². The van der Waals surface area contributed by atoms with E-state index < -0.39 is 19.9 Å². The van der Waals surface area contributed by atoms with Crippen LogP contribution in [0.4, 0.5) is 5.69 Å². The summed E-state index contributed by atoms with van der Waals surface area (Å²) < 4.78 is 34.1. The molecule has 0 unspecified atom stereocenters. The Hall–Kier alpha value is -2.30. The Morgan fingerprint density at radius 1 is 0.676 bits per heavy atom. The van der Waals surface area contributed by atoms with Crippen molar-refractivity contribution in [2.24, 2.45) is 0 Å². The van der Waals surface area contributed by atoms with E-state index in [2.05, 4.69) is 90.1 Å². The molecule has 3 aromatic rings. The summed E-state index contributed by atoms with van der Waals surface area (Å²) >= 11 is -0.0703. The number of rotatable bonds is 4. The summed E-state index contributed by atoms with van der Waals surface area (Å²) in [5, 5.41) is 10.1. The molecule has 0 saturated carbocycles. The molecule has 0 spiro atoms. The fourth-order valence-corrected chi connectivity index (χ4v) is 5.51. The van der Waals surface area contributed by atoms with Crippen molar-refractivity contribution in [2.75, 3.05) is 0 Å². The first-order valence-corrected chi connectivity index (χ1v) is 14.2. The minimum absolute atomic E-state index is 0.0703. The lowest BCUT2D eigenvalue weighted by Crippen LogP contribution is -3.61. The van der Waals surface area contributed by atoms with Gasteiger partial charge in [-0.05, 0) is 58.4 Å². The van der Waals surface area contributed by atoms with Crippen LogP contribution in [0.15, 0.2) is 77.7 Å². The lowest BCUT2D eigenvalue weighted by atomic mass is 9.87. The topological polar surface area (TPSA) is 100 Å². The van der Waals surface area contributed by atoms with Gasteiger partial charge in [0.2, 0.25) is 0 Å². The minimum Gasteiger partial charge on any atom is -0.744 e. The second-order valence-corrected chi connectivity index (χ2v) is 14.2. The monoisotopic (exact) mass is 595 g/mol. The zero-order valence-electron chi connectivity index (χ0n) is 20.2. The summed E-state index contributed by atoms with van der Waals surface area (Å²) in [7, 11) is -4.52. The van der Waals surface area contributed by atoms with E-state index in [4.69, 9.17) is 0 Å². The maximum absolute atomic E-state index is 10.4. The van der Waals surface area contributed by atoms with Gasteiger partial charge < -0.3 is 4.55 Å². The van der Waals surface area contributed by atoms with Gasteiger partial charge in [0.25, 0.3) is 5.69 Å². The predicted octanol–water partition coefficient (Wildman–Crippen LogP) is 2.91. The average molecular weight is 595 g/mol. The molecule has 182 valence electrons. The van der Waals surface area contributed by atoms with Crippen molar-refractivity contribution in [3.63, 3.8) is 0 Å². The SMILES string of the molecule is CC(C)(C)c1ccc([I+]c2ccc(C(C)(C)C)cc2)cc1.O=[N+]([O-])c1ccc(S(=O)(=O)[O-])cc1. The standard InChI is InChI=1S/C20H26I.C6H5NO5S/c1-19(2,3)15-7-11-17(12-8-15)21-18-13-9-16(10-14-18)20(4,5)6;8-7(9)5-1-3-6(4-2-5)13(10,11)12/h7-14H,1-6H3;1-4H,(H,10,11,12)/q+1;/p-1. The molecule has 8 heteroatoms. The van der Waals surface area contributed by atoms with Crippen molar-refractivity contribution in [3.05, 3.63) is 101 Å². The number of hydrogen-bond donors (Lipinski definition) is 0. The Kier molecular flexibility index (Phi) is 9.01. The molecule has 34 heavy (non-hydrogen) atoms. The Labute approximate surface area is 212 Å². The van der Waals surface area contributed by atoms with Gasteiger partial charge in [0.05, 0.1) is 9.82 Å². The molecule has 0 fully saturated rings. The van der Waals surface area contributed by atoms with Gasteiger partial charge >= 0.3 is 21.2 Å². The highest BCUT2D eigenvalue weighted by molar-refractivity contribution is 7.85. The van der Waals surface area contributed by atoms with Gasteiger partial charge in [0, 0.05) is 12.1 Å². The molecule has 0 N–H and O–H groups in total. The summed E-state index contributed by atoms with van der Waals surface area (Å²) in [4.78, 5) is 8.99. The van der Waals surface area contributed by atoms with Crippen LogP contribution < -0.4 is 21.2 Å². The maximum Gasteiger partial charge on any atom is 0.357 e. The van der Waals surface area contributed by atoms with Crippen LogP contribution in [0.25, 0.3) is 0 Å². The van der Waals surface area contributed by atoms with Gasteiger partial charge in [0.15, 0.2) is 7.14 Å². The molecule has 0 aromatic heterocycles. The van der Waals surface area contributed by atoms with Crippen LogP contribution in [-0.4, -0.2) is 17.9 Å². The summed E-state index contributed by atoms with van der Waals surface area (Å²) in [6.45, 7) is 13.6. The summed E-state index contributed by atoms with van der Waals surface area (Å²) in [6.07, 6.45) is 0. The smallest absolute Gasteiger partial charge is 0.357 e. The van der Waals surface area contributed by atoms with Crippen LogP contribution in [0.1, 0.15) is 52.7 Å². The van der Waals surface area contributed by atoms with E-state index in [-0.39, 0.29) is 37.7 Å². The van der Waals surface area contributed by atoms with Crippen molar-refractivity contribution in [3.8, 4) is 0 Å². The molecule has 0 heterocycles. The molecule has 0 aliphatic carbocycles. The molecule has 3 rings (SSSR count). The number of nitro groups is 1. The Bertz CT molecular complexity index is 1150. The maximum atomic E-state index is 10.4. The third-order valence-corrected chi connectivity index (χ3v) is 8.51. The molecule has 6 nitrogen and oxygen atoms in total. The number of non-ortho nitro benzene ring substituents is 1. The van der Waals surface area contributed by atoms with Crippen LogP contribution in [0.2, 0.25) is 0 Å². The summed E-state index contributed by atoms with van der Waals surface area (Å²) in [6, 6.07) is 22.1. The second-order valence-electron chi connectivity index (χ2n) is 9.81. The highest BCUT2D eigenvalue weighted by Crippen LogP contribution is 2.22. The van der Waals surface area contributed by atoms with E-state index in [1.165, 1.54) is 18.3 Å². The number of halogens is 1. The van der Waals surface area contributed by atoms with E-state index >= 15 is 0 Å². The highest BCUT2D eigenvalue weighted by atomic mass is 127. The van der Waals surface area contributed by atoms with Crippen molar-refractivity contribution in [1.82, 2.24) is 0 Å². The normalized spacial score (nSPS) is 12.0. The van der Waals surface area contributed by atoms with Crippen molar-refractivity contribution < 1.29 is 39.1 Å². The fourth-order valence-electron chi connectivity index (χ4n) is 2.89. The molecular weight excluding hydrogens is 565 g/mol. The minimum atomic E-state index is -4.52. The molecule has 0 aliphatic rings. The first-order chi connectivity index (χ1) is 15.6. The van der Waals surface area contributed by atoms with Crippen LogP contribution in [-0.2, 0) is 20.9 Å². The molecule has 0 bridgehead atoms. The summed E-state index contributed by atoms with van der Waals surface area (Å²) in [5.41, 5.74) is 3.06. The van der Waals surface area contributed by atoms with Gasteiger partial charge in [-0.3, -0.25) is 10.1 Å². The Morgan fingerprint density at radius 2 is 1.03 bits per heavy atom. The zero-order chi connectivity index (χ0) is 25.7. The van der Waals surface area contributed by atoms with E-state index in [1.54, 1.807) is 0 Å². The van der Waals surface area contributed by atoms with E-state index in [0.717, 1.165) is 24.3 Å². The number of nitrogens with zero attached hydrogens (tertiary/aromatic N) is 1. The highest BCUT2D eigenvalue weighted by Gasteiger charge is 2.20. The number of hydrogen-bond acceptors (Lipinski definition) is 5. The third-order valence-electron chi connectivity index (χ3n) is 4.97. The van der Waals surface area contributed by atoms with E-state index in [1.807, 2.05) is 0 Å². The van der Waals surface area contributed by atoms with E-state index in [0.29, 0.717) is 0 Å². The molecule has 0 amide bonds. The third kappa shape index (κ3) is 8.48. The quantitative estimate of drug-likeness (QED) is 0.200. The van der Waals surface area contributed by atoms with Crippen molar-refractivity contribution in [2.45, 2.75) is 57.3 Å². The fraction of sp³-hybridized carbons (Fsp3) is 0.308. The Balaban J connectivity index is 0.000000270. The summed E-state index contributed by atoms with van der Waals surface area (Å²) in [5.74, 6) is 0. The van der Waals surface area contributed by atoms with Crippen LogP contribution in [0.5, 0.6) is 0 Å². The molecule has 0 aliphatic heterocycles. The van der Waals surface area contributed by atoms with Gasteiger partial charge in [-0.1, -0.05) is 65.8 Å². The zero-order valence-corrected chi connectivity index (χ0v) is 23.2. The largest absolute Gasteiger partial charge is 0.744 e. The van der Waals surface area contributed by atoms with Crippen molar-refractivity contribution in [1.29, 1.82) is 0 Å². The molecular formula is C26H30INO5S. The van der Waals surface area contributed by atoms with Gasteiger partial charge in [-0.25, -0.2) is 8.42 Å².